The highest BCUT2D eigenvalue weighted by molar-refractivity contribution is 5.23. The third-order valence-corrected chi connectivity index (χ3v) is 3.77. The molecular weight excluding hydrogens is 264 g/mol. The van der Waals surface area contributed by atoms with Crippen LogP contribution >= 0.6 is 0 Å². The number of aliphatic hydroxyl groups excluding tert-OH is 1. The maximum Gasteiger partial charge on any atom is 0.208 e. The second-order valence-corrected chi connectivity index (χ2v) is 5.50. The Bertz CT molecular complexity index is 555. The molecule has 0 saturated carbocycles. The second kappa shape index (κ2) is 6.87. The van der Waals surface area contributed by atoms with Crippen molar-refractivity contribution in [2.75, 3.05) is 13.1 Å². The summed E-state index contributed by atoms with van der Waals surface area (Å²) in [6.45, 7) is 10.0. The monoisotopic (exact) mass is 288 g/mol. The highest BCUT2D eigenvalue weighted by Gasteiger charge is 2.15. The standard InChI is InChI=1S/C17H24N2O2/c1-5-19(11-17-18-13(3)14(4)21-17)10-16(20)15-8-6-12(2)7-9-15/h6-9,16,20H,5,10-11H2,1-4H3. The molecule has 0 radical (unpaired) electrons. The quantitative estimate of drug-likeness (QED) is 0.887. The molecule has 1 atom stereocenters. The molecule has 21 heavy (non-hydrogen) atoms. The average molecular weight is 288 g/mol. The molecule has 0 spiro atoms. The van der Waals surface area contributed by atoms with Crippen molar-refractivity contribution >= 4 is 0 Å². The van der Waals surface area contributed by atoms with E-state index in [9.17, 15) is 5.11 Å². The first-order valence-electron chi connectivity index (χ1n) is 7.39. The van der Waals surface area contributed by atoms with Crippen LogP contribution in [-0.2, 0) is 6.54 Å². The van der Waals surface area contributed by atoms with Crippen LogP contribution in [0.1, 0.15) is 41.5 Å². The van der Waals surface area contributed by atoms with E-state index in [1.165, 1.54) is 5.56 Å². The second-order valence-electron chi connectivity index (χ2n) is 5.50. The summed E-state index contributed by atoms with van der Waals surface area (Å²) in [6.07, 6.45) is -0.497. The predicted octanol–water partition coefficient (Wildman–Crippen LogP) is 3.16. The highest BCUT2D eigenvalue weighted by atomic mass is 16.4. The number of aliphatic hydroxyl groups is 1. The highest BCUT2D eigenvalue weighted by Crippen LogP contribution is 2.17. The molecule has 1 unspecified atom stereocenters. The van der Waals surface area contributed by atoms with E-state index in [4.69, 9.17) is 4.42 Å². The van der Waals surface area contributed by atoms with Gasteiger partial charge in [-0.1, -0.05) is 36.8 Å². The van der Waals surface area contributed by atoms with Gasteiger partial charge in [-0.2, -0.15) is 0 Å². The van der Waals surface area contributed by atoms with E-state index < -0.39 is 6.10 Å². The van der Waals surface area contributed by atoms with Gasteiger partial charge in [0.1, 0.15) is 5.76 Å². The smallest absolute Gasteiger partial charge is 0.208 e. The van der Waals surface area contributed by atoms with E-state index in [0.717, 1.165) is 23.6 Å². The van der Waals surface area contributed by atoms with Gasteiger partial charge < -0.3 is 9.52 Å². The Labute approximate surface area is 126 Å². The van der Waals surface area contributed by atoms with E-state index in [1.807, 2.05) is 45.0 Å². The molecule has 0 aliphatic carbocycles. The van der Waals surface area contributed by atoms with E-state index in [2.05, 4.69) is 16.8 Å². The van der Waals surface area contributed by atoms with Gasteiger partial charge in [0.05, 0.1) is 18.3 Å². The summed E-state index contributed by atoms with van der Waals surface area (Å²) in [4.78, 5) is 6.53. The molecule has 4 nitrogen and oxygen atoms in total. The fourth-order valence-corrected chi connectivity index (χ4v) is 2.24. The van der Waals surface area contributed by atoms with E-state index in [0.29, 0.717) is 19.0 Å². The third kappa shape index (κ3) is 4.16. The minimum atomic E-state index is -0.497. The average Bonchev–Trinajstić information content (AvgIpc) is 2.77. The molecule has 1 aromatic carbocycles. The third-order valence-electron chi connectivity index (χ3n) is 3.77. The van der Waals surface area contributed by atoms with Gasteiger partial charge >= 0.3 is 0 Å². The van der Waals surface area contributed by atoms with Crippen LogP contribution < -0.4 is 0 Å². The molecule has 0 amide bonds. The lowest BCUT2D eigenvalue weighted by atomic mass is 10.1. The Morgan fingerprint density at radius 2 is 1.86 bits per heavy atom. The molecule has 114 valence electrons. The van der Waals surface area contributed by atoms with Crippen LogP contribution in [0.3, 0.4) is 0 Å². The number of hydrogen-bond donors (Lipinski definition) is 1. The molecule has 2 rings (SSSR count). The van der Waals surface area contributed by atoms with E-state index in [-0.39, 0.29) is 0 Å². The van der Waals surface area contributed by atoms with Crippen molar-refractivity contribution in [1.82, 2.24) is 9.88 Å². The van der Waals surface area contributed by atoms with E-state index in [1.54, 1.807) is 0 Å². The number of nitrogens with zero attached hydrogens (tertiary/aromatic N) is 2. The SMILES string of the molecule is CCN(Cc1nc(C)c(C)o1)CC(O)c1ccc(C)cc1. The Morgan fingerprint density at radius 3 is 2.38 bits per heavy atom. The van der Waals surface area contributed by atoms with Crippen molar-refractivity contribution in [2.24, 2.45) is 0 Å². The summed E-state index contributed by atoms with van der Waals surface area (Å²) in [5, 5.41) is 10.4. The van der Waals surface area contributed by atoms with Gasteiger partial charge in [-0.3, -0.25) is 4.90 Å². The van der Waals surface area contributed by atoms with Crippen LogP contribution in [0.5, 0.6) is 0 Å². The predicted molar refractivity (Wildman–Crippen MR) is 83.1 cm³/mol. The molecular formula is C17H24N2O2. The lowest BCUT2D eigenvalue weighted by Crippen LogP contribution is -2.28. The molecule has 0 bridgehead atoms. The Hall–Kier alpha value is -1.65. The lowest BCUT2D eigenvalue weighted by molar-refractivity contribution is 0.107. The lowest BCUT2D eigenvalue weighted by Gasteiger charge is -2.22. The minimum absolute atomic E-state index is 0.497. The first-order valence-corrected chi connectivity index (χ1v) is 7.39. The summed E-state index contributed by atoms with van der Waals surface area (Å²) in [6, 6.07) is 8.01. The Balaban J connectivity index is 1.99. The van der Waals surface area contributed by atoms with Crippen molar-refractivity contribution in [3.05, 3.63) is 52.7 Å². The molecule has 0 fully saturated rings. The molecule has 1 heterocycles. The summed E-state index contributed by atoms with van der Waals surface area (Å²) in [5.41, 5.74) is 3.07. The molecule has 0 aliphatic heterocycles. The first-order chi connectivity index (χ1) is 9.99. The number of benzene rings is 1. The topological polar surface area (TPSA) is 49.5 Å². The number of rotatable bonds is 6. The zero-order valence-electron chi connectivity index (χ0n) is 13.3. The largest absolute Gasteiger partial charge is 0.444 e. The van der Waals surface area contributed by atoms with Crippen molar-refractivity contribution < 1.29 is 9.52 Å². The van der Waals surface area contributed by atoms with E-state index >= 15 is 0 Å². The maximum atomic E-state index is 10.4. The number of oxazole rings is 1. The molecule has 1 aromatic heterocycles. The molecule has 0 aliphatic rings. The van der Waals surface area contributed by atoms with Gasteiger partial charge in [0, 0.05) is 6.54 Å². The Morgan fingerprint density at radius 1 is 1.19 bits per heavy atom. The van der Waals surface area contributed by atoms with Gasteiger partial charge in [0.25, 0.3) is 0 Å². The molecule has 4 heteroatoms. The number of aromatic nitrogens is 1. The fourth-order valence-electron chi connectivity index (χ4n) is 2.24. The van der Waals surface area contributed by atoms with Crippen molar-refractivity contribution in [2.45, 2.75) is 40.3 Å². The maximum absolute atomic E-state index is 10.4. The Kier molecular flexibility index (Phi) is 5.15. The van der Waals surface area contributed by atoms with Crippen molar-refractivity contribution in [1.29, 1.82) is 0 Å². The summed E-state index contributed by atoms with van der Waals surface area (Å²) in [7, 11) is 0. The summed E-state index contributed by atoms with van der Waals surface area (Å²) < 4.78 is 5.62. The zero-order valence-corrected chi connectivity index (χ0v) is 13.3. The van der Waals surface area contributed by atoms with Crippen LogP contribution in [0, 0.1) is 20.8 Å². The number of likely N-dealkylation sites (N-methyl/N-ethyl adjacent to an activating group) is 1. The molecule has 0 saturated heterocycles. The first kappa shape index (κ1) is 15.7. The van der Waals surface area contributed by atoms with Crippen LogP contribution in [0.2, 0.25) is 0 Å². The minimum Gasteiger partial charge on any atom is -0.444 e. The van der Waals surface area contributed by atoms with Crippen molar-refractivity contribution in [3.8, 4) is 0 Å². The van der Waals surface area contributed by atoms with Crippen LogP contribution in [-0.4, -0.2) is 28.1 Å². The van der Waals surface area contributed by atoms with Gasteiger partial charge in [0.15, 0.2) is 0 Å². The number of hydrogen-bond acceptors (Lipinski definition) is 4. The normalized spacial score (nSPS) is 12.9. The van der Waals surface area contributed by atoms with Gasteiger partial charge in [0.2, 0.25) is 5.89 Å². The van der Waals surface area contributed by atoms with Crippen LogP contribution in [0.15, 0.2) is 28.7 Å². The summed E-state index contributed by atoms with van der Waals surface area (Å²) >= 11 is 0. The van der Waals surface area contributed by atoms with Crippen LogP contribution in [0.25, 0.3) is 0 Å². The zero-order chi connectivity index (χ0) is 15.4. The van der Waals surface area contributed by atoms with Gasteiger partial charge in [-0.15, -0.1) is 0 Å². The number of aryl methyl sites for hydroxylation is 3. The van der Waals surface area contributed by atoms with Gasteiger partial charge in [-0.25, -0.2) is 4.98 Å². The van der Waals surface area contributed by atoms with Gasteiger partial charge in [-0.05, 0) is 32.9 Å². The summed E-state index contributed by atoms with van der Waals surface area (Å²) in [5.74, 6) is 1.57. The molecule has 1 N–H and O–H groups in total. The van der Waals surface area contributed by atoms with Crippen LogP contribution in [0.4, 0.5) is 0 Å². The molecule has 2 aromatic rings. The van der Waals surface area contributed by atoms with Crippen molar-refractivity contribution in [3.63, 3.8) is 0 Å². The fraction of sp³-hybridized carbons (Fsp3) is 0.471.